The van der Waals surface area contributed by atoms with Crippen molar-refractivity contribution >= 4 is 17.3 Å². The molecule has 2 aromatic carbocycles. The highest BCUT2D eigenvalue weighted by Crippen LogP contribution is 2.33. The number of nitrogens with zero attached hydrogens (tertiary/aromatic N) is 2. The number of halogens is 1. The topological polar surface area (TPSA) is 58.7 Å². The first-order valence-electron chi connectivity index (χ1n) is 7.59. The number of carbonyl (C=O) groups excluding carboxylic acids is 1. The van der Waals surface area contributed by atoms with Crippen molar-refractivity contribution in [2.24, 2.45) is 5.10 Å². The maximum atomic E-state index is 13.5. The molecule has 23 heavy (non-hydrogen) atoms. The van der Waals surface area contributed by atoms with E-state index in [9.17, 15) is 9.18 Å². The van der Waals surface area contributed by atoms with E-state index in [0.717, 1.165) is 16.8 Å². The molecule has 0 aliphatic carbocycles. The molecule has 118 valence electrons. The zero-order chi connectivity index (χ0) is 16.4. The van der Waals surface area contributed by atoms with Gasteiger partial charge in [-0.2, -0.15) is 5.10 Å². The number of nitrogen functional groups attached to an aromatic ring is 1. The van der Waals surface area contributed by atoms with Crippen LogP contribution in [-0.4, -0.2) is 16.6 Å². The van der Waals surface area contributed by atoms with Gasteiger partial charge in [0.15, 0.2) is 0 Å². The van der Waals surface area contributed by atoms with E-state index in [4.69, 9.17) is 5.73 Å². The molecule has 3 rings (SSSR count). The number of amides is 1. The van der Waals surface area contributed by atoms with Crippen molar-refractivity contribution in [2.45, 2.75) is 25.8 Å². The molecule has 2 N–H and O–H groups in total. The van der Waals surface area contributed by atoms with Crippen molar-refractivity contribution in [1.82, 2.24) is 5.01 Å². The Labute approximate surface area is 134 Å². The third kappa shape index (κ3) is 3.08. The highest BCUT2D eigenvalue weighted by Gasteiger charge is 2.32. The molecule has 4 nitrogen and oxygen atoms in total. The average molecular weight is 311 g/mol. The van der Waals surface area contributed by atoms with Gasteiger partial charge in [-0.3, -0.25) is 4.79 Å². The van der Waals surface area contributed by atoms with E-state index in [2.05, 4.69) is 5.10 Å². The van der Waals surface area contributed by atoms with Crippen LogP contribution in [0.5, 0.6) is 0 Å². The van der Waals surface area contributed by atoms with Crippen molar-refractivity contribution in [3.8, 4) is 0 Å². The van der Waals surface area contributed by atoms with E-state index in [-0.39, 0.29) is 17.8 Å². The molecule has 1 aliphatic heterocycles. The van der Waals surface area contributed by atoms with Crippen LogP contribution in [-0.2, 0) is 4.79 Å². The van der Waals surface area contributed by atoms with Crippen molar-refractivity contribution in [1.29, 1.82) is 0 Å². The van der Waals surface area contributed by atoms with Crippen LogP contribution in [0, 0.1) is 5.82 Å². The second kappa shape index (κ2) is 6.20. The normalized spacial score (nSPS) is 17.2. The van der Waals surface area contributed by atoms with Gasteiger partial charge in [0, 0.05) is 18.5 Å². The molecule has 1 amide bonds. The maximum Gasteiger partial charge on any atom is 0.242 e. The molecular formula is C18H18FN3O. The maximum absolute atomic E-state index is 13.5. The molecule has 1 atom stereocenters. The van der Waals surface area contributed by atoms with E-state index in [0.29, 0.717) is 18.5 Å². The first-order valence-corrected chi connectivity index (χ1v) is 7.59. The Morgan fingerprint density at radius 1 is 1.30 bits per heavy atom. The van der Waals surface area contributed by atoms with Gasteiger partial charge in [-0.15, -0.1) is 0 Å². The SMILES string of the molecule is CCC(=O)N1N=C(c2ccc(N)cc2)CC1c1cccc(F)c1. The van der Waals surface area contributed by atoms with Gasteiger partial charge >= 0.3 is 0 Å². The van der Waals surface area contributed by atoms with Gasteiger partial charge in [0.05, 0.1) is 11.8 Å². The third-order valence-electron chi connectivity index (χ3n) is 3.95. The van der Waals surface area contributed by atoms with Gasteiger partial charge in [-0.25, -0.2) is 9.40 Å². The number of hydrogen-bond donors (Lipinski definition) is 1. The summed E-state index contributed by atoms with van der Waals surface area (Å²) in [5.74, 6) is -0.392. The van der Waals surface area contributed by atoms with E-state index in [1.807, 2.05) is 18.2 Å². The lowest BCUT2D eigenvalue weighted by Crippen LogP contribution is -2.26. The van der Waals surface area contributed by atoms with Crippen molar-refractivity contribution in [2.75, 3.05) is 5.73 Å². The van der Waals surface area contributed by atoms with Crippen molar-refractivity contribution in [3.05, 3.63) is 65.5 Å². The van der Waals surface area contributed by atoms with Crippen LogP contribution in [0.2, 0.25) is 0 Å². The summed E-state index contributed by atoms with van der Waals surface area (Å²) < 4.78 is 13.5. The fourth-order valence-electron chi connectivity index (χ4n) is 2.73. The number of carbonyl (C=O) groups is 1. The number of benzene rings is 2. The molecule has 0 aromatic heterocycles. The lowest BCUT2D eigenvalue weighted by molar-refractivity contribution is -0.132. The van der Waals surface area contributed by atoms with Crippen LogP contribution < -0.4 is 5.73 Å². The fourth-order valence-corrected chi connectivity index (χ4v) is 2.73. The standard InChI is InChI=1S/C18H18FN3O/c1-2-18(23)22-17(13-4-3-5-14(19)10-13)11-16(21-22)12-6-8-15(20)9-7-12/h3-10,17H,2,11,20H2,1H3. The molecule has 0 fully saturated rings. The highest BCUT2D eigenvalue weighted by atomic mass is 19.1. The van der Waals surface area contributed by atoms with Crippen LogP contribution in [0.25, 0.3) is 0 Å². The summed E-state index contributed by atoms with van der Waals surface area (Å²) in [6, 6.07) is 13.4. The van der Waals surface area contributed by atoms with Crippen LogP contribution >= 0.6 is 0 Å². The minimum Gasteiger partial charge on any atom is -0.399 e. The first-order chi connectivity index (χ1) is 11.1. The predicted octanol–water partition coefficient (Wildman–Crippen LogP) is 3.50. The smallest absolute Gasteiger partial charge is 0.242 e. The Morgan fingerprint density at radius 2 is 2.04 bits per heavy atom. The zero-order valence-corrected chi connectivity index (χ0v) is 12.9. The lowest BCUT2D eigenvalue weighted by Gasteiger charge is -2.21. The minimum atomic E-state index is -0.313. The first kappa shape index (κ1) is 15.2. The van der Waals surface area contributed by atoms with Crippen LogP contribution in [0.3, 0.4) is 0 Å². The Kier molecular flexibility index (Phi) is 4.10. The van der Waals surface area contributed by atoms with Crippen LogP contribution in [0.1, 0.15) is 36.9 Å². The summed E-state index contributed by atoms with van der Waals surface area (Å²) in [6.07, 6.45) is 0.906. The number of rotatable bonds is 3. The highest BCUT2D eigenvalue weighted by molar-refractivity contribution is 6.03. The summed E-state index contributed by atoms with van der Waals surface area (Å²) in [5, 5.41) is 5.96. The Morgan fingerprint density at radius 3 is 2.70 bits per heavy atom. The summed E-state index contributed by atoms with van der Waals surface area (Å²) in [5.41, 5.74) is 8.87. The third-order valence-corrected chi connectivity index (χ3v) is 3.95. The van der Waals surface area contributed by atoms with Crippen molar-refractivity contribution < 1.29 is 9.18 Å². The average Bonchev–Trinajstić information content (AvgIpc) is 3.00. The molecule has 1 unspecified atom stereocenters. The molecule has 0 bridgehead atoms. The summed E-state index contributed by atoms with van der Waals surface area (Å²) in [6.45, 7) is 1.79. The van der Waals surface area contributed by atoms with Gasteiger partial charge < -0.3 is 5.73 Å². The van der Waals surface area contributed by atoms with Gasteiger partial charge in [-0.05, 0) is 35.4 Å². The van der Waals surface area contributed by atoms with E-state index in [1.165, 1.54) is 17.1 Å². The Bertz CT molecular complexity index is 755. The number of nitrogens with two attached hydrogens (primary N) is 1. The van der Waals surface area contributed by atoms with Crippen LogP contribution in [0.15, 0.2) is 53.6 Å². The van der Waals surface area contributed by atoms with E-state index < -0.39 is 0 Å². The number of hydrazone groups is 1. The number of anilines is 1. The second-order valence-corrected chi connectivity index (χ2v) is 5.54. The molecule has 0 spiro atoms. The van der Waals surface area contributed by atoms with Gasteiger partial charge in [0.25, 0.3) is 0 Å². The Balaban J connectivity index is 1.95. The molecule has 2 aromatic rings. The summed E-state index contributed by atoms with van der Waals surface area (Å²) in [7, 11) is 0. The van der Waals surface area contributed by atoms with Gasteiger partial charge in [0.1, 0.15) is 5.82 Å². The van der Waals surface area contributed by atoms with E-state index in [1.54, 1.807) is 25.1 Å². The van der Waals surface area contributed by atoms with Crippen LogP contribution in [0.4, 0.5) is 10.1 Å². The quantitative estimate of drug-likeness (QED) is 0.882. The predicted molar refractivity (Wildman–Crippen MR) is 88.3 cm³/mol. The molecule has 0 saturated carbocycles. The molecule has 0 radical (unpaired) electrons. The fraction of sp³-hybridized carbons (Fsp3) is 0.222. The van der Waals surface area contributed by atoms with Crippen molar-refractivity contribution in [3.63, 3.8) is 0 Å². The van der Waals surface area contributed by atoms with E-state index >= 15 is 0 Å². The lowest BCUT2D eigenvalue weighted by atomic mass is 9.98. The summed E-state index contributed by atoms with van der Waals surface area (Å²) in [4.78, 5) is 12.2. The number of hydrogen-bond acceptors (Lipinski definition) is 3. The molecular weight excluding hydrogens is 293 g/mol. The molecule has 1 aliphatic rings. The molecule has 0 saturated heterocycles. The minimum absolute atomic E-state index is 0.0790. The monoisotopic (exact) mass is 311 g/mol. The second-order valence-electron chi connectivity index (χ2n) is 5.54. The largest absolute Gasteiger partial charge is 0.399 e. The molecule has 1 heterocycles. The zero-order valence-electron chi connectivity index (χ0n) is 12.9. The Hall–Kier alpha value is -2.69. The van der Waals surface area contributed by atoms with Gasteiger partial charge in [0.2, 0.25) is 5.91 Å². The molecule has 5 heteroatoms. The summed E-state index contributed by atoms with van der Waals surface area (Å²) >= 11 is 0. The van der Waals surface area contributed by atoms with Gasteiger partial charge in [-0.1, -0.05) is 31.2 Å².